The van der Waals surface area contributed by atoms with Crippen LogP contribution in [0, 0.1) is 19.8 Å². The minimum absolute atomic E-state index is 0.0169. The van der Waals surface area contributed by atoms with Crippen LogP contribution in [0.15, 0.2) is 12.1 Å². The largest absolute Gasteiger partial charge is 0.311 e. The van der Waals surface area contributed by atoms with E-state index < -0.39 is 0 Å². The van der Waals surface area contributed by atoms with Gasteiger partial charge in [0.25, 0.3) is 0 Å². The zero-order valence-electron chi connectivity index (χ0n) is 12.9. The topological polar surface area (TPSA) is 20.3 Å². The average molecular weight is 258 g/mol. The van der Waals surface area contributed by atoms with Crippen molar-refractivity contribution in [1.29, 1.82) is 0 Å². The van der Waals surface area contributed by atoms with Crippen molar-refractivity contribution >= 4 is 11.6 Å². The van der Waals surface area contributed by atoms with Crippen molar-refractivity contribution in [3.05, 3.63) is 34.7 Å². The van der Waals surface area contributed by atoms with Crippen LogP contribution in [0.2, 0.25) is 0 Å². The lowest BCUT2D eigenvalue weighted by molar-refractivity contribution is -0.118. The number of rotatable bonds is 2. The molecule has 1 aliphatic rings. The maximum atomic E-state index is 12.2. The second-order valence-electron chi connectivity index (χ2n) is 6.14. The molecule has 0 bridgehead atoms. The fraction of sp³-hybridized carbons (Fsp3) is 0.529. The Kier molecular flexibility index (Phi) is 3.46. The summed E-state index contributed by atoms with van der Waals surface area (Å²) in [5, 5.41) is 0. The Morgan fingerprint density at radius 2 is 1.95 bits per heavy atom. The molecule has 1 aliphatic heterocycles. The molecule has 1 aromatic carbocycles. The molecule has 0 saturated carbocycles. The van der Waals surface area contributed by atoms with Gasteiger partial charge in [0.1, 0.15) is 0 Å². The summed E-state index contributed by atoms with van der Waals surface area (Å²) in [6, 6.07) is 4.42. The predicted octanol–water partition coefficient (Wildman–Crippen LogP) is 3.93. The molecule has 1 heterocycles. The molecule has 0 N–H and O–H groups in total. The first-order valence-corrected chi connectivity index (χ1v) is 7.04. The molecule has 2 nitrogen and oxygen atoms in total. The molecule has 2 rings (SSSR count). The SMILES string of the molecule is CCC(=O)N1CC(C)([C](C)C)c2cc(C)cc(C)c21. The van der Waals surface area contributed by atoms with Crippen LogP contribution in [-0.2, 0) is 10.2 Å². The highest BCUT2D eigenvalue weighted by atomic mass is 16.2. The summed E-state index contributed by atoms with van der Waals surface area (Å²) in [7, 11) is 0. The molecule has 0 aliphatic carbocycles. The van der Waals surface area contributed by atoms with Crippen molar-refractivity contribution in [3.8, 4) is 0 Å². The first-order chi connectivity index (χ1) is 8.81. The van der Waals surface area contributed by atoms with Crippen LogP contribution in [-0.4, -0.2) is 12.5 Å². The number of benzene rings is 1. The molecule has 1 radical (unpaired) electrons. The Morgan fingerprint density at radius 1 is 1.32 bits per heavy atom. The molecule has 1 atom stereocenters. The van der Waals surface area contributed by atoms with E-state index in [9.17, 15) is 4.79 Å². The van der Waals surface area contributed by atoms with Crippen LogP contribution < -0.4 is 4.90 Å². The van der Waals surface area contributed by atoms with E-state index in [1.807, 2.05) is 11.8 Å². The monoisotopic (exact) mass is 258 g/mol. The third-order valence-corrected chi connectivity index (χ3v) is 4.49. The fourth-order valence-electron chi connectivity index (χ4n) is 3.05. The van der Waals surface area contributed by atoms with Crippen LogP contribution in [0.4, 0.5) is 5.69 Å². The van der Waals surface area contributed by atoms with Crippen LogP contribution in [0.3, 0.4) is 0 Å². The third kappa shape index (κ3) is 2.07. The van der Waals surface area contributed by atoms with Crippen LogP contribution in [0.1, 0.15) is 50.8 Å². The van der Waals surface area contributed by atoms with Crippen molar-refractivity contribution in [1.82, 2.24) is 0 Å². The normalized spacial score (nSPS) is 21.9. The Morgan fingerprint density at radius 3 is 2.47 bits per heavy atom. The van der Waals surface area contributed by atoms with Gasteiger partial charge in [-0.3, -0.25) is 4.79 Å². The zero-order chi connectivity index (χ0) is 14.4. The standard InChI is InChI=1S/C17H24NO/c1-7-15(19)18-10-17(6,11(2)3)14-9-12(4)8-13(5)16(14)18/h8-9H,7,10H2,1-6H3. The van der Waals surface area contributed by atoms with Crippen LogP contribution in [0.25, 0.3) is 0 Å². The highest BCUT2D eigenvalue weighted by Gasteiger charge is 2.43. The number of nitrogens with zero attached hydrogens (tertiary/aromatic N) is 1. The number of fused-ring (bicyclic) bond motifs is 1. The number of hydrogen-bond acceptors (Lipinski definition) is 1. The first kappa shape index (κ1) is 14.1. The molecule has 2 heteroatoms. The quantitative estimate of drug-likeness (QED) is 0.787. The summed E-state index contributed by atoms with van der Waals surface area (Å²) in [6.45, 7) is 13.5. The Bertz CT molecular complexity index is 518. The van der Waals surface area contributed by atoms with E-state index >= 15 is 0 Å². The highest BCUT2D eigenvalue weighted by Crippen LogP contribution is 2.47. The number of hydrogen-bond donors (Lipinski definition) is 0. The minimum Gasteiger partial charge on any atom is -0.311 e. The molecule has 1 unspecified atom stereocenters. The molecule has 1 aromatic rings. The zero-order valence-corrected chi connectivity index (χ0v) is 12.9. The van der Waals surface area contributed by atoms with Gasteiger partial charge in [0.15, 0.2) is 0 Å². The maximum Gasteiger partial charge on any atom is 0.226 e. The van der Waals surface area contributed by atoms with Crippen LogP contribution in [0.5, 0.6) is 0 Å². The van der Waals surface area contributed by atoms with E-state index in [4.69, 9.17) is 0 Å². The number of aryl methyl sites for hydroxylation is 2. The van der Waals surface area contributed by atoms with Gasteiger partial charge in [-0.05, 0) is 30.9 Å². The average Bonchev–Trinajstić information content (AvgIpc) is 2.64. The highest BCUT2D eigenvalue weighted by molar-refractivity contribution is 5.97. The molecule has 1 amide bonds. The summed E-state index contributed by atoms with van der Waals surface area (Å²) in [4.78, 5) is 14.2. The van der Waals surface area contributed by atoms with E-state index in [2.05, 4.69) is 46.8 Å². The van der Waals surface area contributed by atoms with Gasteiger partial charge in [-0.2, -0.15) is 0 Å². The molecule has 0 spiro atoms. The first-order valence-electron chi connectivity index (χ1n) is 7.04. The van der Waals surface area contributed by atoms with E-state index in [1.165, 1.54) is 22.6 Å². The minimum atomic E-state index is -0.0169. The fourth-order valence-corrected chi connectivity index (χ4v) is 3.05. The molecule has 103 valence electrons. The summed E-state index contributed by atoms with van der Waals surface area (Å²) in [5.74, 6) is 1.59. The summed E-state index contributed by atoms with van der Waals surface area (Å²) in [5.41, 5.74) is 4.92. The van der Waals surface area contributed by atoms with Crippen molar-refractivity contribution < 1.29 is 4.79 Å². The van der Waals surface area contributed by atoms with Gasteiger partial charge < -0.3 is 4.90 Å². The van der Waals surface area contributed by atoms with Gasteiger partial charge in [0.2, 0.25) is 5.91 Å². The van der Waals surface area contributed by atoms with Crippen LogP contribution >= 0.6 is 0 Å². The smallest absolute Gasteiger partial charge is 0.226 e. The Labute approximate surface area is 116 Å². The second kappa shape index (κ2) is 4.66. The summed E-state index contributed by atoms with van der Waals surface area (Å²) < 4.78 is 0. The van der Waals surface area contributed by atoms with E-state index in [1.54, 1.807) is 0 Å². The van der Waals surface area contributed by atoms with Gasteiger partial charge in [0.05, 0.1) is 5.69 Å². The molecule has 0 saturated heterocycles. The van der Waals surface area contributed by atoms with Crippen molar-refractivity contribution in [2.24, 2.45) is 0 Å². The number of amides is 1. The number of carbonyl (C=O) groups is 1. The Balaban J connectivity index is 2.65. The van der Waals surface area contributed by atoms with Gasteiger partial charge in [-0.15, -0.1) is 0 Å². The third-order valence-electron chi connectivity index (χ3n) is 4.49. The lowest BCUT2D eigenvalue weighted by atomic mass is 9.74. The Hall–Kier alpha value is -1.31. The van der Waals surface area contributed by atoms with Gasteiger partial charge in [-0.1, -0.05) is 45.4 Å². The molecule has 0 fully saturated rings. The number of carbonyl (C=O) groups excluding carboxylic acids is 1. The van der Waals surface area contributed by atoms with E-state index in [-0.39, 0.29) is 11.3 Å². The molecular formula is C17H24NO. The lowest BCUT2D eigenvalue weighted by Gasteiger charge is -2.29. The van der Waals surface area contributed by atoms with E-state index in [0.29, 0.717) is 6.42 Å². The van der Waals surface area contributed by atoms with Crippen molar-refractivity contribution in [2.75, 3.05) is 11.4 Å². The molecular weight excluding hydrogens is 234 g/mol. The van der Waals surface area contributed by atoms with E-state index in [0.717, 1.165) is 12.2 Å². The summed E-state index contributed by atoms with van der Waals surface area (Å²) in [6.07, 6.45) is 0.561. The van der Waals surface area contributed by atoms with Gasteiger partial charge in [-0.25, -0.2) is 0 Å². The lowest BCUT2D eigenvalue weighted by Crippen LogP contribution is -2.37. The molecule has 0 aromatic heterocycles. The maximum absolute atomic E-state index is 12.2. The number of anilines is 1. The summed E-state index contributed by atoms with van der Waals surface area (Å²) >= 11 is 0. The second-order valence-corrected chi connectivity index (χ2v) is 6.14. The van der Waals surface area contributed by atoms with Crippen molar-refractivity contribution in [2.45, 2.75) is 53.4 Å². The van der Waals surface area contributed by atoms with Gasteiger partial charge in [0, 0.05) is 18.4 Å². The van der Waals surface area contributed by atoms with Gasteiger partial charge >= 0.3 is 0 Å². The molecule has 19 heavy (non-hydrogen) atoms. The van der Waals surface area contributed by atoms with Crippen molar-refractivity contribution in [3.63, 3.8) is 0 Å². The predicted molar refractivity (Wildman–Crippen MR) is 80.5 cm³/mol.